The molecule has 1 N–H and O–H groups in total. The minimum absolute atomic E-state index is 0.227. The summed E-state index contributed by atoms with van der Waals surface area (Å²) in [5.41, 5.74) is 1.28. The smallest absolute Gasteiger partial charge is 0.146 e. The van der Waals surface area contributed by atoms with Gasteiger partial charge in [0.05, 0.1) is 11.8 Å². The molecule has 1 aliphatic heterocycles. The summed E-state index contributed by atoms with van der Waals surface area (Å²) >= 11 is 0. The predicted octanol–water partition coefficient (Wildman–Crippen LogP) is 3.50. The minimum atomic E-state index is -0.639. The molecule has 3 atom stereocenters. The second kappa shape index (κ2) is 5.27. The van der Waals surface area contributed by atoms with Crippen molar-refractivity contribution >= 4 is 5.69 Å². The molecule has 2 unspecified atom stereocenters. The summed E-state index contributed by atoms with van der Waals surface area (Å²) in [7, 11) is 0. The van der Waals surface area contributed by atoms with E-state index < -0.39 is 6.10 Å². The van der Waals surface area contributed by atoms with E-state index in [4.69, 9.17) is 0 Å². The van der Waals surface area contributed by atoms with Crippen molar-refractivity contribution in [3.05, 3.63) is 29.6 Å². The van der Waals surface area contributed by atoms with Gasteiger partial charge in [-0.1, -0.05) is 19.1 Å². The maximum absolute atomic E-state index is 14.1. The molecular formula is C15H22FNO. The van der Waals surface area contributed by atoms with Gasteiger partial charge in [0.25, 0.3) is 0 Å². The maximum Gasteiger partial charge on any atom is 0.146 e. The number of benzene rings is 1. The molecular weight excluding hydrogens is 229 g/mol. The van der Waals surface area contributed by atoms with Crippen LogP contribution in [0.4, 0.5) is 10.1 Å². The van der Waals surface area contributed by atoms with Gasteiger partial charge < -0.3 is 10.0 Å². The SMILES string of the molecule is CC1CCC(C)N(c2c(F)cccc2[C@@H](C)O)C1. The zero-order valence-electron chi connectivity index (χ0n) is 11.4. The summed E-state index contributed by atoms with van der Waals surface area (Å²) in [5, 5.41) is 9.82. The van der Waals surface area contributed by atoms with Gasteiger partial charge in [-0.2, -0.15) is 0 Å². The molecule has 3 heteroatoms. The van der Waals surface area contributed by atoms with Crippen molar-refractivity contribution < 1.29 is 9.50 Å². The van der Waals surface area contributed by atoms with Gasteiger partial charge in [0, 0.05) is 18.2 Å². The molecule has 0 saturated carbocycles. The van der Waals surface area contributed by atoms with Crippen molar-refractivity contribution in [2.45, 2.75) is 45.8 Å². The topological polar surface area (TPSA) is 23.5 Å². The summed E-state index contributed by atoms with van der Waals surface area (Å²) < 4.78 is 14.1. The molecule has 0 radical (unpaired) electrons. The molecule has 0 aromatic heterocycles. The lowest BCUT2D eigenvalue weighted by Crippen LogP contribution is -2.42. The number of halogens is 1. The van der Waals surface area contributed by atoms with Crippen LogP contribution < -0.4 is 4.90 Å². The van der Waals surface area contributed by atoms with Crippen LogP contribution in [0.5, 0.6) is 0 Å². The normalized spacial score (nSPS) is 26.2. The number of aliphatic hydroxyl groups excluding tert-OH is 1. The number of hydrogen-bond donors (Lipinski definition) is 1. The van der Waals surface area contributed by atoms with Crippen molar-refractivity contribution in [1.82, 2.24) is 0 Å². The Kier molecular flexibility index (Phi) is 3.91. The largest absolute Gasteiger partial charge is 0.389 e. The zero-order valence-corrected chi connectivity index (χ0v) is 11.4. The van der Waals surface area contributed by atoms with Crippen molar-refractivity contribution in [2.24, 2.45) is 5.92 Å². The quantitative estimate of drug-likeness (QED) is 0.869. The molecule has 0 amide bonds. The highest BCUT2D eigenvalue weighted by atomic mass is 19.1. The average molecular weight is 251 g/mol. The average Bonchev–Trinajstić information content (AvgIpc) is 2.32. The van der Waals surface area contributed by atoms with E-state index in [9.17, 15) is 9.50 Å². The first-order valence-corrected chi connectivity index (χ1v) is 6.73. The molecule has 1 fully saturated rings. The Bertz CT molecular complexity index is 419. The highest BCUT2D eigenvalue weighted by Gasteiger charge is 2.27. The number of rotatable bonds is 2. The first kappa shape index (κ1) is 13.3. The van der Waals surface area contributed by atoms with E-state index in [-0.39, 0.29) is 5.82 Å². The van der Waals surface area contributed by atoms with Crippen LogP contribution in [0.3, 0.4) is 0 Å². The fraction of sp³-hybridized carbons (Fsp3) is 0.600. The van der Waals surface area contributed by atoms with Crippen LogP contribution in [0.25, 0.3) is 0 Å². The van der Waals surface area contributed by atoms with Crippen molar-refractivity contribution in [1.29, 1.82) is 0 Å². The van der Waals surface area contributed by atoms with E-state index in [2.05, 4.69) is 18.7 Å². The van der Waals surface area contributed by atoms with Crippen LogP contribution in [0.2, 0.25) is 0 Å². The van der Waals surface area contributed by atoms with Gasteiger partial charge >= 0.3 is 0 Å². The highest BCUT2D eigenvalue weighted by molar-refractivity contribution is 5.56. The van der Waals surface area contributed by atoms with Gasteiger partial charge in [0.1, 0.15) is 5.82 Å². The van der Waals surface area contributed by atoms with Crippen LogP contribution >= 0.6 is 0 Å². The number of aliphatic hydroxyl groups is 1. The van der Waals surface area contributed by atoms with Crippen LogP contribution in [0.15, 0.2) is 18.2 Å². The Hall–Kier alpha value is -1.09. The summed E-state index contributed by atoms with van der Waals surface area (Å²) in [6, 6.07) is 5.29. The fourth-order valence-corrected chi connectivity index (χ4v) is 2.77. The predicted molar refractivity (Wildman–Crippen MR) is 72.2 cm³/mol. The minimum Gasteiger partial charge on any atom is -0.389 e. The summed E-state index contributed by atoms with van der Waals surface area (Å²) in [6.45, 7) is 6.88. The lowest BCUT2D eigenvalue weighted by atomic mass is 9.93. The van der Waals surface area contributed by atoms with E-state index in [1.165, 1.54) is 12.5 Å². The second-order valence-corrected chi connectivity index (χ2v) is 5.54. The summed E-state index contributed by atoms with van der Waals surface area (Å²) in [4.78, 5) is 2.12. The Morgan fingerprint density at radius 3 is 2.72 bits per heavy atom. The molecule has 100 valence electrons. The van der Waals surface area contributed by atoms with E-state index in [0.717, 1.165) is 13.0 Å². The first-order chi connectivity index (χ1) is 8.50. The lowest BCUT2D eigenvalue weighted by Gasteiger charge is -2.40. The summed E-state index contributed by atoms with van der Waals surface area (Å²) in [6.07, 6.45) is 1.63. The van der Waals surface area contributed by atoms with E-state index in [1.807, 2.05) is 6.07 Å². The third kappa shape index (κ3) is 2.51. The molecule has 0 aliphatic carbocycles. The lowest BCUT2D eigenvalue weighted by molar-refractivity contribution is 0.198. The van der Waals surface area contributed by atoms with Crippen LogP contribution in [-0.2, 0) is 0 Å². The molecule has 0 bridgehead atoms. The van der Waals surface area contributed by atoms with Crippen molar-refractivity contribution in [3.8, 4) is 0 Å². The molecule has 1 aromatic rings. The van der Waals surface area contributed by atoms with Crippen LogP contribution in [0.1, 0.15) is 45.3 Å². The third-order valence-electron chi connectivity index (χ3n) is 3.87. The van der Waals surface area contributed by atoms with Gasteiger partial charge in [0.15, 0.2) is 0 Å². The number of piperidine rings is 1. The Balaban J connectivity index is 2.42. The van der Waals surface area contributed by atoms with Crippen LogP contribution in [-0.4, -0.2) is 17.7 Å². The van der Waals surface area contributed by atoms with Gasteiger partial charge in [-0.25, -0.2) is 4.39 Å². The van der Waals surface area contributed by atoms with Gasteiger partial charge in [-0.3, -0.25) is 0 Å². The first-order valence-electron chi connectivity index (χ1n) is 6.73. The number of nitrogens with zero attached hydrogens (tertiary/aromatic N) is 1. The Morgan fingerprint density at radius 1 is 1.33 bits per heavy atom. The van der Waals surface area contributed by atoms with E-state index in [1.54, 1.807) is 13.0 Å². The van der Waals surface area contributed by atoms with Gasteiger partial charge in [-0.15, -0.1) is 0 Å². The Labute approximate surface area is 108 Å². The molecule has 1 heterocycles. The molecule has 0 spiro atoms. The number of hydrogen-bond acceptors (Lipinski definition) is 2. The van der Waals surface area contributed by atoms with Gasteiger partial charge in [0.2, 0.25) is 0 Å². The molecule has 1 aliphatic rings. The Morgan fingerprint density at radius 2 is 2.06 bits per heavy atom. The van der Waals surface area contributed by atoms with E-state index >= 15 is 0 Å². The molecule has 1 saturated heterocycles. The third-order valence-corrected chi connectivity index (χ3v) is 3.87. The van der Waals surface area contributed by atoms with Crippen LogP contribution in [0, 0.1) is 11.7 Å². The van der Waals surface area contributed by atoms with E-state index in [0.29, 0.717) is 23.2 Å². The molecule has 18 heavy (non-hydrogen) atoms. The number of para-hydroxylation sites is 1. The van der Waals surface area contributed by atoms with Crippen molar-refractivity contribution in [2.75, 3.05) is 11.4 Å². The molecule has 1 aromatic carbocycles. The fourth-order valence-electron chi connectivity index (χ4n) is 2.77. The maximum atomic E-state index is 14.1. The zero-order chi connectivity index (χ0) is 13.3. The van der Waals surface area contributed by atoms with Crippen molar-refractivity contribution in [3.63, 3.8) is 0 Å². The molecule has 2 rings (SSSR count). The van der Waals surface area contributed by atoms with Gasteiger partial charge in [-0.05, 0) is 38.7 Å². The standard InChI is InChI=1S/C15H22FNO/c1-10-7-8-11(2)17(9-10)15-13(12(3)18)5-4-6-14(15)16/h4-6,10-12,18H,7-9H2,1-3H3/t10?,11?,12-/m1/s1. The molecule has 2 nitrogen and oxygen atoms in total. The number of anilines is 1. The summed E-state index contributed by atoms with van der Waals surface area (Å²) in [5.74, 6) is 0.344. The second-order valence-electron chi connectivity index (χ2n) is 5.54. The monoisotopic (exact) mass is 251 g/mol. The highest BCUT2D eigenvalue weighted by Crippen LogP contribution is 2.34.